The van der Waals surface area contributed by atoms with E-state index in [0.29, 0.717) is 28.6 Å². The van der Waals surface area contributed by atoms with Crippen molar-refractivity contribution in [3.05, 3.63) is 94.4 Å². The summed E-state index contributed by atoms with van der Waals surface area (Å²) in [4.78, 5) is 37.7. The first-order valence-electron chi connectivity index (χ1n) is 12.0. The fourth-order valence-electron chi connectivity index (χ4n) is 4.06. The molecule has 40 heavy (non-hydrogen) atoms. The number of esters is 1. The van der Waals surface area contributed by atoms with Gasteiger partial charge in [0.15, 0.2) is 18.1 Å². The van der Waals surface area contributed by atoms with Gasteiger partial charge < -0.3 is 19.5 Å². The lowest BCUT2D eigenvalue weighted by Gasteiger charge is -2.09. The highest BCUT2D eigenvalue weighted by Crippen LogP contribution is 2.34. The van der Waals surface area contributed by atoms with Crippen molar-refractivity contribution in [2.24, 2.45) is 7.05 Å². The zero-order chi connectivity index (χ0) is 28.4. The number of hydrogen-bond acceptors (Lipinski definition) is 8. The van der Waals surface area contributed by atoms with E-state index in [0.717, 1.165) is 6.07 Å². The van der Waals surface area contributed by atoms with Crippen molar-refractivity contribution in [1.82, 2.24) is 9.36 Å². The molecule has 0 saturated carbocycles. The molecule has 1 amide bonds. The highest BCUT2D eigenvalue weighted by Gasteiger charge is 2.24. The molecular formula is C27H24N4O8S. The normalized spacial score (nSPS) is 12.2. The molecule has 4 aromatic rings. The minimum Gasteiger partial charge on any atom is -0.454 e. The first-order valence-corrected chi connectivity index (χ1v) is 13.5. The molecule has 2 heterocycles. The van der Waals surface area contributed by atoms with Crippen LogP contribution in [-0.2, 0) is 26.6 Å². The van der Waals surface area contributed by atoms with Gasteiger partial charge in [0.25, 0.3) is 21.5 Å². The van der Waals surface area contributed by atoms with Crippen LogP contribution in [0.5, 0.6) is 11.5 Å². The Hall–Kier alpha value is -5.04. The average Bonchev–Trinajstić information content (AvgIpc) is 3.50. The highest BCUT2D eigenvalue weighted by atomic mass is 32.2. The third kappa shape index (κ3) is 5.27. The predicted octanol–water partition coefficient (Wildman–Crippen LogP) is 2.81. The second kappa shape index (κ2) is 10.6. The first kappa shape index (κ1) is 26.6. The lowest BCUT2D eigenvalue weighted by Crippen LogP contribution is -2.23. The van der Waals surface area contributed by atoms with E-state index in [1.807, 2.05) is 0 Å². The number of rotatable bonds is 8. The van der Waals surface area contributed by atoms with Crippen molar-refractivity contribution < 1.29 is 32.2 Å². The summed E-state index contributed by atoms with van der Waals surface area (Å²) in [6.45, 7) is 1.09. The van der Waals surface area contributed by atoms with E-state index in [4.69, 9.17) is 14.2 Å². The molecule has 0 atom stereocenters. The van der Waals surface area contributed by atoms with Gasteiger partial charge in [-0.3, -0.25) is 19.0 Å². The van der Waals surface area contributed by atoms with Crippen LogP contribution in [0, 0.1) is 6.92 Å². The van der Waals surface area contributed by atoms with E-state index < -0.39 is 34.1 Å². The Bertz CT molecular complexity index is 1780. The SMILES string of the molecule is Cc1c(NS(=O)(=O)c2cccc(C(=O)OCC(=O)Nc3ccc4c(c3)OCO4)c2)c(=O)n(-c2ccccc2)n1C. The Kier molecular flexibility index (Phi) is 7.05. The first-order chi connectivity index (χ1) is 19.1. The standard InChI is InChI=1S/C27H24N4O8S/c1-17-25(26(33)31(30(17)2)20-8-4-3-5-9-20)29-40(35,36)21-10-6-7-18(13-21)27(34)37-15-24(32)28-19-11-12-22-23(14-19)39-16-38-22/h3-14,29H,15-16H2,1-2H3,(H,28,32). The summed E-state index contributed by atoms with van der Waals surface area (Å²) in [5, 5.41) is 2.58. The molecule has 206 valence electrons. The Morgan fingerprint density at radius 3 is 2.50 bits per heavy atom. The van der Waals surface area contributed by atoms with Gasteiger partial charge in [0.2, 0.25) is 6.79 Å². The molecule has 0 unspecified atom stereocenters. The third-order valence-corrected chi connectivity index (χ3v) is 7.51. The van der Waals surface area contributed by atoms with Crippen molar-refractivity contribution in [3.63, 3.8) is 0 Å². The van der Waals surface area contributed by atoms with Crippen LogP contribution < -0.4 is 25.1 Å². The number of sulfonamides is 1. The second-order valence-electron chi connectivity index (χ2n) is 8.76. The molecule has 0 radical (unpaired) electrons. The number of nitrogens with zero attached hydrogens (tertiary/aromatic N) is 2. The number of hydrogen-bond donors (Lipinski definition) is 2. The lowest BCUT2D eigenvalue weighted by atomic mass is 10.2. The van der Waals surface area contributed by atoms with E-state index in [2.05, 4.69) is 10.0 Å². The Labute approximate surface area is 228 Å². The number of aromatic nitrogens is 2. The van der Waals surface area contributed by atoms with Crippen LogP contribution in [0.2, 0.25) is 0 Å². The summed E-state index contributed by atoms with van der Waals surface area (Å²) in [6.07, 6.45) is 0. The summed E-state index contributed by atoms with van der Waals surface area (Å²) in [7, 11) is -2.62. The van der Waals surface area contributed by atoms with Crippen LogP contribution in [0.25, 0.3) is 5.69 Å². The number of ether oxygens (including phenoxy) is 3. The monoisotopic (exact) mass is 564 g/mol. The molecule has 5 rings (SSSR count). The van der Waals surface area contributed by atoms with Crippen LogP contribution in [0.15, 0.2) is 82.5 Å². The van der Waals surface area contributed by atoms with Crippen LogP contribution in [0.1, 0.15) is 16.1 Å². The molecule has 3 aromatic carbocycles. The van der Waals surface area contributed by atoms with Gasteiger partial charge in [-0.15, -0.1) is 0 Å². The Morgan fingerprint density at radius 1 is 0.975 bits per heavy atom. The maximum absolute atomic E-state index is 13.2. The number of carbonyl (C=O) groups is 2. The maximum Gasteiger partial charge on any atom is 0.338 e. The molecular weight excluding hydrogens is 540 g/mol. The smallest absolute Gasteiger partial charge is 0.338 e. The van der Waals surface area contributed by atoms with Crippen molar-refractivity contribution in [2.45, 2.75) is 11.8 Å². The lowest BCUT2D eigenvalue weighted by molar-refractivity contribution is -0.119. The third-order valence-electron chi connectivity index (χ3n) is 6.16. The van der Waals surface area contributed by atoms with Crippen LogP contribution in [0.3, 0.4) is 0 Å². The molecule has 0 aliphatic carbocycles. The van der Waals surface area contributed by atoms with E-state index in [-0.39, 0.29) is 22.9 Å². The number of anilines is 2. The van der Waals surface area contributed by atoms with Crippen molar-refractivity contribution in [3.8, 4) is 17.2 Å². The fraction of sp³-hybridized carbons (Fsp3) is 0.148. The molecule has 2 N–H and O–H groups in total. The van der Waals surface area contributed by atoms with Gasteiger partial charge in [-0.05, 0) is 49.4 Å². The van der Waals surface area contributed by atoms with E-state index in [1.165, 1.54) is 27.6 Å². The van der Waals surface area contributed by atoms with Gasteiger partial charge in [0.05, 0.1) is 21.8 Å². The summed E-state index contributed by atoms with van der Waals surface area (Å²) in [6, 6.07) is 18.7. The number of benzene rings is 3. The zero-order valence-electron chi connectivity index (χ0n) is 21.4. The fourth-order valence-corrected chi connectivity index (χ4v) is 5.22. The molecule has 0 bridgehead atoms. The average molecular weight is 565 g/mol. The highest BCUT2D eigenvalue weighted by molar-refractivity contribution is 7.92. The number of para-hydroxylation sites is 1. The number of fused-ring (bicyclic) bond motifs is 1. The van der Waals surface area contributed by atoms with Gasteiger partial charge in [-0.25, -0.2) is 17.9 Å². The molecule has 12 nitrogen and oxygen atoms in total. The molecule has 0 fully saturated rings. The molecule has 1 aliphatic heterocycles. The van der Waals surface area contributed by atoms with Crippen LogP contribution in [-0.4, -0.2) is 43.1 Å². The molecule has 1 aliphatic rings. The van der Waals surface area contributed by atoms with Gasteiger partial charge in [0.1, 0.15) is 5.69 Å². The van der Waals surface area contributed by atoms with E-state index in [9.17, 15) is 22.8 Å². The van der Waals surface area contributed by atoms with E-state index >= 15 is 0 Å². The maximum atomic E-state index is 13.2. The quantitative estimate of drug-likeness (QED) is 0.311. The van der Waals surface area contributed by atoms with Crippen molar-refractivity contribution in [1.29, 1.82) is 0 Å². The van der Waals surface area contributed by atoms with Crippen molar-refractivity contribution >= 4 is 33.3 Å². The predicted molar refractivity (Wildman–Crippen MR) is 144 cm³/mol. The topological polar surface area (TPSA) is 147 Å². The van der Waals surface area contributed by atoms with Gasteiger partial charge >= 0.3 is 5.97 Å². The molecule has 1 aromatic heterocycles. The number of carbonyl (C=O) groups excluding carboxylic acids is 2. The largest absolute Gasteiger partial charge is 0.454 e. The summed E-state index contributed by atoms with van der Waals surface area (Å²) < 4.78 is 47.1. The molecule has 0 spiro atoms. The van der Waals surface area contributed by atoms with Crippen molar-refractivity contribution in [2.75, 3.05) is 23.4 Å². The molecule has 13 heteroatoms. The summed E-state index contributed by atoms with van der Waals surface area (Å²) in [5.41, 5.74) is 0.605. The second-order valence-corrected chi connectivity index (χ2v) is 10.4. The number of nitrogens with one attached hydrogen (secondary N) is 2. The summed E-state index contributed by atoms with van der Waals surface area (Å²) in [5.74, 6) is -0.476. The minimum absolute atomic E-state index is 0.0886. The van der Waals surface area contributed by atoms with Crippen LogP contribution >= 0.6 is 0 Å². The van der Waals surface area contributed by atoms with Gasteiger partial charge in [-0.2, -0.15) is 0 Å². The number of amides is 1. The Balaban J connectivity index is 1.28. The van der Waals surface area contributed by atoms with E-state index in [1.54, 1.807) is 62.5 Å². The summed E-state index contributed by atoms with van der Waals surface area (Å²) >= 11 is 0. The molecule has 0 saturated heterocycles. The van der Waals surface area contributed by atoms with Gasteiger partial charge in [0, 0.05) is 18.8 Å². The van der Waals surface area contributed by atoms with Gasteiger partial charge in [-0.1, -0.05) is 24.3 Å². The van der Waals surface area contributed by atoms with Crippen LogP contribution in [0.4, 0.5) is 11.4 Å². The Morgan fingerprint density at radius 2 is 1.73 bits per heavy atom. The zero-order valence-corrected chi connectivity index (χ0v) is 22.2. The minimum atomic E-state index is -4.26.